The number of hydrogen-bond acceptors (Lipinski definition) is 3. The third-order valence-electron chi connectivity index (χ3n) is 4.40. The SMILES string of the molecule is Cc1ccc(-n2c(=O)c3sccc3n(Cc3cccc(F)c3)c2=O)cc1F. The molecule has 7 heteroatoms. The second-order valence-corrected chi connectivity index (χ2v) is 7.12. The molecule has 0 bridgehead atoms. The molecule has 0 saturated heterocycles. The molecule has 0 atom stereocenters. The number of rotatable bonds is 3. The molecule has 4 rings (SSSR count). The van der Waals surface area contributed by atoms with Crippen LogP contribution < -0.4 is 11.2 Å². The third kappa shape index (κ3) is 3.00. The van der Waals surface area contributed by atoms with Crippen molar-refractivity contribution in [2.24, 2.45) is 0 Å². The lowest BCUT2D eigenvalue weighted by atomic mass is 10.2. The van der Waals surface area contributed by atoms with Crippen molar-refractivity contribution in [3.05, 3.63) is 97.5 Å². The zero-order valence-corrected chi connectivity index (χ0v) is 15.1. The van der Waals surface area contributed by atoms with Crippen molar-refractivity contribution >= 4 is 21.6 Å². The van der Waals surface area contributed by atoms with Crippen molar-refractivity contribution in [2.75, 3.05) is 0 Å². The van der Waals surface area contributed by atoms with E-state index >= 15 is 0 Å². The van der Waals surface area contributed by atoms with Gasteiger partial charge >= 0.3 is 5.69 Å². The minimum atomic E-state index is -0.599. The number of fused-ring (bicyclic) bond motifs is 1. The third-order valence-corrected chi connectivity index (χ3v) is 5.29. The molecule has 0 unspecified atom stereocenters. The maximum atomic E-state index is 14.0. The van der Waals surface area contributed by atoms with E-state index < -0.39 is 22.9 Å². The van der Waals surface area contributed by atoms with Gasteiger partial charge in [-0.05, 0) is 53.8 Å². The average Bonchev–Trinajstić information content (AvgIpc) is 3.12. The van der Waals surface area contributed by atoms with Gasteiger partial charge in [0.25, 0.3) is 5.56 Å². The lowest BCUT2D eigenvalue weighted by molar-refractivity contribution is 0.614. The lowest BCUT2D eigenvalue weighted by Gasteiger charge is -2.13. The molecule has 2 aromatic carbocycles. The first-order valence-electron chi connectivity index (χ1n) is 8.20. The first-order chi connectivity index (χ1) is 13.0. The minimum absolute atomic E-state index is 0.0957. The molecule has 2 aromatic heterocycles. The summed E-state index contributed by atoms with van der Waals surface area (Å²) < 4.78 is 30.3. The molecule has 0 amide bonds. The summed E-state index contributed by atoms with van der Waals surface area (Å²) in [5.74, 6) is -0.905. The molecule has 0 radical (unpaired) electrons. The second-order valence-electron chi connectivity index (χ2n) is 6.21. The Morgan fingerprint density at radius 3 is 2.59 bits per heavy atom. The highest BCUT2D eigenvalue weighted by atomic mass is 32.1. The normalized spacial score (nSPS) is 11.2. The van der Waals surface area contributed by atoms with Gasteiger partial charge in [-0.1, -0.05) is 18.2 Å². The smallest absolute Gasteiger partial charge is 0.288 e. The van der Waals surface area contributed by atoms with Crippen molar-refractivity contribution in [3.63, 3.8) is 0 Å². The molecule has 0 aliphatic heterocycles. The maximum absolute atomic E-state index is 14.0. The zero-order chi connectivity index (χ0) is 19.1. The summed E-state index contributed by atoms with van der Waals surface area (Å²) in [7, 11) is 0. The van der Waals surface area contributed by atoms with E-state index in [1.165, 1.54) is 46.2 Å². The molecule has 0 aliphatic carbocycles. The number of aromatic nitrogens is 2. The molecule has 4 nitrogen and oxygen atoms in total. The van der Waals surface area contributed by atoms with E-state index in [1.54, 1.807) is 30.5 Å². The Labute approximate surface area is 156 Å². The summed E-state index contributed by atoms with van der Waals surface area (Å²) in [4.78, 5) is 25.9. The van der Waals surface area contributed by atoms with Gasteiger partial charge in [-0.15, -0.1) is 11.3 Å². The van der Waals surface area contributed by atoms with E-state index in [-0.39, 0.29) is 12.2 Å². The topological polar surface area (TPSA) is 44.0 Å². The molecule has 136 valence electrons. The molecule has 0 saturated carbocycles. The van der Waals surface area contributed by atoms with Crippen LogP contribution in [0.4, 0.5) is 8.78 Å². The van der Waals surface area contributed by atoms with Crippen LogP contribution in [-0.4, -0.2) is 9.13 Å². The van der Waals surface area contributed by atoms with E-state index in [1.807, 2.05) is 0 Å². The number of aryl methyl sites for hydroxylation is 1. The number of halogens is 2. The van der Waals surface area contributed by atoms with Gasteiger partial charge in [0.05, 0.1) is 17.7 Å². The van der Waals surface area contributed by atoms with Crippen LogP contribution in [0.5, 0.6) is 0 Å². The first-order valence-corrected chi connectivity index (χ1v) is 9.07. The predicted molar refractivity (Wildman–Crippen MR) is 102 cm³/mol. The molecular formula is C20H14F2N2O2S. The number of hydrogen-bond donors (Lipinski definition) is 0. The highest BCUT2D eigenvalue weighted by Gasteiger charge is 2.16. The molecule has 0 N–H and O–H groups in total. The molecule has 27 heavy (non-hydrogen) atoms. The summed E-state index contributed by atoms with van der Waals surface area (Å²) >= 11 is 1.21. The maximum Gasteiger partial charge on any atom is 0.336 e. The quantitative estimate of drug-likeness (QED) is 0.539. The van der Waals surface area contributed by atoms with Gasteiger partial charge in [0.2, 0.25) is 0 Å². The van der Waals surface area contributed by atoms with Crippen molar-refractivity contribution < 1.29 is 8.78 Å². The fourth-order valence-electron chi connectivity index (χ4n) is 3.01. The van der Waals surface area contributed by atoms with E-state index in [4.69, 9.17) is 0 Å². The standard InChI is InChI=1S/C20H14F2N2O2S/c1-12-5-6-15(10-16(12)22)24-19(25)18-17(7-8-27-18)23(20(24)26)11-13-3-2-4-14(21)9-13/h2-10H,11H2,1H3. The van der Waals surface area contributed by atoms with Crippen LogP contribution in [0.15, 0.2) is 63.5 Å². The fraction of sp³-hybridized carbons (Fsp3) is 0.100. The van der Waals surface area contributed by atoms with Crippen LogP contribution in [0.3, 0.4) is 0 Å². The zero-order valence-electron chi connectivity index (χ0n) is 14.3. The van der Waals surface area contributed by atoms with Crippen LogP contribution in [0.2, 0.25) is 0 Å². The van der Waals surface area contributed by atoms with Crippen molar-refractivity contribution in [3.8, 4) is 5.69 Å². The summed E-state index contributed by atoms with van der Waals surface area (Å²) in [6.07, 6.45) is 0. The summed E-state index contributed by atoms with van der Waals surface area (Å²) in [6.45, 7) is 1.70. The van der Waals surface area contributed by atoms with E-state index in [2.05, 4.69) is 0 Å². The van der Waals surface area contributed by atoms with Gasteiger partial charge in [0.1, 0.15) is 16.3 Å². The largest absolute Gasteiger partial charge is 0.336 e. The lowest BCUT2D eigenvalue weighted by Crippen LogP contribution is -2.38. The van der Waals surface area contributed by atoms with Gasteiger partial charge in [-0.2, -0.15) is 0 Å². The molecule has 0 spiro atoms. The molecular weight excluding hydrogens is 370 g/mol. The molecule has 0 aliphatic rings. The summed E-state index contributed by atoms with van der Waals surface area (Å²) in [5.41, 5.74) is 0.551. The molecule has 2 heterocycles. The van der Waals surface area contributed by atoms with Gasteiger partial charge in [0.15, 0.2) is 0 Å². The van der Waals surface area contributed by atoms with E-state index in [9.17, 15) is 18.4 Å². The van der Waals surface area contributed by atoms with Crippen LogP contribution in [0.1, 0.15) is 11.1 Å². The highest BCUT2D eigenvalue weighted by molar-refractivity contribution is 7.17. The van der Waals surface area contributed by atoms with Gasteiger partial charge < -0.3 is 0 Å². The van der Waals surface area contributed by atoms with Crippen molar-refractivity contribution in [1.29, 1.82) is 0 Å². The summed E-state index contributed by atoms with van der Waals surface area (Å²) in [6, 6.07) is 11.8. The van der Waals surface area contributed by atoms with E-state index in [0.717, 1.165) is 4.57 Å². The van der Waals surface area contributed by atoms with Gasteiger partial charge in [-0.25, -0.2) is 18.1 Å². The van der Waals surface area contributed by atoms with Crippen LogP contribution >= 0.6 is 11.3 Å². The van der Waals surface area contributed by atoms with Crippen LogP contribution in [0.25, 0.3) is 15.9 Å². The number of benzene rings is 2. The predicted octanol–water partition coefficient (Wildman–Crippen LogP) is 3.85. The average molecular weight is 384 g/mol. The molecule has 0 fully saturated rings. The van der Waals surface area contributed by atoms with Crippen molar-refractivity contribution in [2.45, 2.75) is 13.5 Å². The van der Waals surface area contributed by atoms with Crippen molar-refractivity contribution in [1.82, 2.24) is 9.13 Å². The Kier molecular flexibility index (Phi) is 4.24. The Hall–Kier alpha value is -3.06. The van der Waals surface area contributed by atoms with Gasteiger partial charge in [-0.3, -0.25) is 9.36 Å². The Bertz CT molecular complexity index is 1290. The Balaban J connectivity index is 1.99. The van der Waals surface area contributed by atoms with Crippen LogP contribution in [0, 0.1) is 18.6 Å². The second kappa shape index (κ2) is 6.59. The number of thiophene rings is 1. The fourth-order valence-corrected chi connectivity index (χ4v) is 3.83. The monoisotopic (exact) mass is 384 g/mol. The van der Waals surface area contributed by atoms with Crippen LogP contribution in [-0.2, 0) is 6.54 Å². The Morgan fingerprint density at radius 1 is 1.04 bits per heavy atom. The Morgan fingerprint density at radius 2 is 1.85 bits per heavy atom. The summed E-state index contributed by atoms with van der Waals surface area (Å²) in [5, 5.41) is 1.72. The van der Waals surface area contributed by atoms with Gasteiger partial charge in [0, 0.05) is 0 Å². The highest BCUT2D eigenvalue weighted by Crippen LogP contribution is 2.18. The first kappa shape index (κ1) is 17.4. The van der Waals surface area contributed by atoms with E-state index in [0.29, 0.717) is 21.3 Å². The number of nitrogens with zero attached hydrogens (tertiary/aromatic N) is 2. The minimum Gasteiger partial charge on any atom is -0.288 e. The molecule has 4 aromatic rings.